The van der Waals surface area contributed by atoms with E-state index in [1.807, 2.05) is 6.92 Å². The number of ether oxygens (including phenoxy) is 1. The summed E-state index contributed by atoms with van der Waals surface area (Å²) >= 11 is 0. The predicted molar refractivity (Wildman–Crippen MR) is 121 cm³/mol. The fourth-order valence-corrected chi connectivity index (χ4v) is 5.45. The zero-order chi connectivity index (χ0) is 22.0. The van der Waals surface area contributed by atoms with E-state index in [1.54, 1.807) is 4.90 Å². The van der Waals surface area contributed by atoms with Crippen molar-refractivity contribution >= 4 is 22.9 Å². The van der Waals surface area contributed by atoms with E-state index < -0.39 is 0 Å². The largest absolute Gasteiger partial charge is 0.469 e. The highest BCUT2D eigenvalue weighted by molar-refractivity contribution is 5.88. The lowest BCUT2D eigenvalue weighted by Crippen LogP contribution is -2.52. The van der Waals surface area contributed by atoms with E-state index in [-0.39, 0.29) is 18.4 Å². The number of esters is 1. The van der Waals surface area contributed by atoms with E-state index >= 15 is 0 Å². The maximum absolute atomic E-state index is 12.8. The van der Waals surface area contributed by atoms with Crippen LogP contribution in [0.25, 0.3) is 10.9 Å². The van der Waals surface area contributed by atoms with Crippen molar-refractivity contribution in [1.82, 2.24) is 20.1 Å². The van der Waals surface area contributed by atoms with Gasteiger partial charge in [-0.15, -0.1) is 0 Å². The number of carbonyl (C=O) groups excluding carboxylic acids is 2. The second-order valence-corrected chi connectivity index (χ2v) is 9.01. The number of rotatable bonds is 7. The number of benzene rings is 1. The zero-order valence-corrected chi connectivity index (χ0v) is 18.8. The molecule has 31 heavy (non-hydrogen) atoms. The molecular weight excluding hydrogens is 392 g/mol. The lowest BCUT2D eigenvalue weighted by molar-refractivity contribution is -0.140. The van der Waals surface area contributed by atoms with Crippen molar-refractivity contribution in [2.45, 2.75) is 44.6 Å². The first-order valence-electron chi connectivity index (χ1n) is 11.4. The van der Waals surface area contributed by atoms with Crippen molar-refractivity contribution in [3.05, 3.63) is 35.5 Å². The smallest absolute Gasteiger partial charge is 0.317 e. The van der Waals surface area contributed by atoms with Crippen LogP contribution in [0.4, 0.5) is 4.79 Å². The summed E-state index contributed by atoms with van der Waals surface area (Å²) < 4.78 is 4.79. The molecule has 1 fully saturated rings. The number of piperidine rings is 1. The van der Waals surface area contributed by atoms with Crippen LogP contribution in [0.15, 0.2) is 24.4 Å². The number of methoxy groups -OCH3 is 1. The number of hydrogen-bond donors (Lipinski definition) is 2. The van der Waals surface area contributed by atoms with Gasteiger partial charge in [-0.2, -0.15) is 0 Å². The fraction of sp³-hybridized carbons (Fsp3) is 0.583. The van der Waals surface area contributed by atoms with Gasteiger partial charge in [0.15, 0.2) is 0 Å². The Morgan fingerprint density at radius 1 is 1.35 bits per heavy atom. The maximum Gasteiger partial charge on any atom is 0.317 e. The highest BCUT2D eigenvalue weighted by Gasteiger charge is 2.40. The third kappa shape index (κ3) is 4.42. The number of nitrogens with one attached hydrogen (secondary N) is 2. The maximum atomic E-state index is 12.8. The summed E-state index contributed by atoms with van der Waals surface area (Å²) in [5, 5.41) is 4.36. The van der Waals surface area contributed by atoms with Crippen LogP contribution in [0.1, 0.15) is 43.2 Å². The average Bonchev–Trinajstić information content (AvgIpc) is 3.19. The van der Waals surface area contributed by atoms with E-state index in [0.29, 0.717) is 37.5 Å². The number of H-pyrrole nitrogens is 1. The molecule has 1 aliphatic heterocycles. The van der Waals surface area contributed by atoms with Crippen LogP contribution in [-0.2, 0) is 16.0 Å². The molecule has 2 amide bonds. The molecule has 168 valence electrons. The lowest BCUT2D eigenvalue weighted by Gasteiger charge is -2.46. The van der Waals surface area contributed by atoms with Crippen molar-refractivity contribution in [2.24, 2.45) is 5.92 Å². The van der Waals surface area contributed by atoms with Gasteiger partial charge in [-0.1, -0.05) is 19.1 Å². The third-order valence-electron chi connectivity index (χ3n) is 6.92. The van der Waals surface area contributed by atoms with Crippen LogP contribution in [0, 0.1) is 5.92 Å². The van der Waals surface area contributed by atoms with Crippen LogP contribution < -0.4 is 5.32 Å². The van der Waals surface area contributed by atoms with Crippen molar-refractivity contribution in [1.29, 1.82) is 0 Å². The summed E-state index contributed by atoms with van der Waals surface area (Å²) in [5.41, 5.74) is 4.06. The first-order chi connectivity index (χ1) is 15.0. The van der Waals surface area contributed by atoms with Crippen LogP contribution in [-0.4, -0.2) is 73.2 Å². The number of amides is 2. The van der Waals surface area contributed by atoms with Gasteiger partial charge in [0, 0.05) is 55.2 Å². The summed E-state index contributed by atoms with van der Waals surface area (Å²) in [6, 6.07) is 6.97. The summed E-state index contributed by atoms with van der Waals surface area (Å²) in [6.45, 7) is 4.66. The molecule has 0 radical (unpaired) electrons. The Balaban J connectivity index is 1.51. The number of aromatic nitrogens is 1. The number of likely N-dealkylation sites (tertiary alicyclic amines) is 1. The third-order valence-corrected chi connectivity index (χ3v) is 6.92. The minimum absolute atomic E-state index is 0.0887. The Kier molecular flexibility index (Phi) is 6.51. The van der Waals surface area contributed by atoms with E-state index in [9.17, 15) is 9.59 Å². The number of urea groups is 1. The Labute approximate surface area is 184 Å². The highest BCUT2D eigenvalue weighted by atomic mass is 16.5. The molecule has 2 aliphatic rings. The number of aromatic amines is 1. The molecular formula is C24H34N4O3. The first-order valence-corrected chi connectivity index (χ1v) is 11.4. The molecule has 0 spiro atoms. The summed E-state index contributed by atoms with van der Waals surface area (Å²) in [5.74, 6) is 0.525. The van der Waals surface area contributed by atoms with Gasteiger partial charge in [0.2, 0.25) is 0 Å². The number of nitrogens with zero attached hydrogens (tertiary/aromatic N) is 2. The van der Waals surface area contributed by atoms with Crippen LogP contribution in [0.5, 0.6) is 0 Å². The van der Waals surface area contributed by atoms with Gasteiger partial charge >= 0.3 is 12.0 Å². The number of carbonyl (C=O) groups is 2. The average molecular weight is 427 g/mol. The standard InChI is InChI=1S/C24H34N4O3/c1-4-9-25-24(30)28(10-8-22(29)31-3)15-16-11-19-18-6-5-7-20-23(18)17(13-26-20)12-21(19)27(2)14-16/h5-7,13,16,19,21,26H,4,8-12,14-15H2,1-3H3,(H,25,30)/t16-,19-,21-/m1/s1. The minimum atomic E-state index is -0.284. The Morgan fingerprint density at radius 3 is 2.97 bits per heavy atom. The van der Waals surface area contributed by atoms with Crippen LogP contribution in [0.2, 0.25) is 0 Å². The number of hydrogen-bond acceptors (Lipinski definition) is 4. The molecule has 2 aromatic rings. The van der Waals surface area contributed by atoms with Crippen LogP contribution >= 0.6 is 0 Å². The monoisotopic (exact) mass is 426 g/mol. The zero-order valence-electron chi connectivity index (χ0n) is 18.8. The molecule has 4 rings (SSSR count). The molecule has 1 aliphatic carbocycles. The Bertz CT molecular complexity index is 940. The van der Waals surface area contributed by atoms with Gasteiger partial charge in [0.05, 0.1) is 13.5 Å². The Morgan fingerprint density at radius 2 is 2.19 bits per heavy atom. The number of fused-ring (bicyclic) bond motifs is 2. The van der Waals surface area contributed by atoms with Gasteiger partial charge < -0.3 is 24.8 Å². The molecule has 0 bridgehead atoms. The molecule has 1 aromatic heterocycles. The number of likely N-dealkylation sites (N-methyl/N-ethyl adjacent to an activating group) is 1. The molecule has 3 atom stereocenters. The van der Waals surface area contributed by atoms with E-state index in [4.69, 9.17) is 4.74 Å². The van der Waals surface area contributed by atoms with E-state index in [1.165, 1.54) is 29.1 Å². The predicted octanol–water partition coefficient (Wildman–Crippen LogP) is 3.11. The molecule has 1 aromatic carbocycles. The molecule has 7 nitrogen and oxygen atoms in total. The molecule has 0 unspecified atom stereocenters. The molecule has 0 saturated carbocycles. The van der Waals surface area contributed by atoms with Crippen molar-refractivity contribution in [2.75, 3.05) is 40.3 Å². The SMILES string of the molecule is CCCNC(=O)N(CCC(=O)OC)C[C@@H]1C[C@@H]2c3cccc4[nH]cc(c34)C[C@H]2N(C)C1. The van der Waals surface area contributed by atoms with Gasteiger partial charge in [-0.3, -0.25) is 4.79 Å². The minimum Gasteiger partial charge on any atom is -0.469 e. The van der Waals surface area contributed by atoms with E-state index in [0.717, 1.165) is 25.8 Å². The first kappa shape index (κ1) is 21.7. The second-order valence-electron chi connectivity index (χ2n) is 9.01. The molecule has 7 heteroatoms. The normalized spacial score (nSPS) is 22.7. The fourth-order valence-electron chi connectivity index (χ4n) is 5.45. The van der Waals surface area contributed by atoms with Gasteiger partial charge in [0.1, 0.15) is 0 Å². The summed E-state index contributed by atoms with van der Waals surface area (Å²) in [7, 11) is 3.59. The summed E-state index contributed by atoms with van der Waals surface area (Å²) in [6.07, 6.45) is 5.38. The molecule has 2 N–H and O–H groups in total. The van der Waals surface area contributed by atoms with Crippen molar-refractivity contribution in [3.63, 3.8) is 0 Å². The van der Waals surface area contributed by atoms with Gasteiger partial charge in [-0.25, -0.2) is 4.79 Å². The highest BCUT2D eigenvalue weighted by Crippen LogP contribution is 2.44. The van der Waals surface area contributed by atoms with Crippen molar-refractivity contribution in [3.8, 4) is 0 Å². The topological polar surface area (TPSA) is 77.7 Å². The molecule has 2 heterocycles. The van der Waals surface area contributed by atoms with Crippen molar-refractivity contribution < 1.29 is 14.3 Å². The second kappa shape index (κ2) is 9.30. The summed E-state index contributed by atoms with van der Waals surface area (Å²) in [4.78, 5) is 32.2. The quantitative estimate of drug-likeness (QED) is 0.667. The van der Waals surface area contributed by atoms with Crippen LogP contribution in [0.3, 0.4) is 0 Å². The van der Waals surface area contributed by atoms with E-state index in [2.05, 4.69) is 46.6 Å². The molecule has 1 saturated heterocycles. The lowest BCUT2D eigenvalue weighted by atomic mass is 9.72. The van der Waals surface area contributed by atoms with Gasteiger partial charge in [-0.05, 0) is 49.4 Å². The Hall–Kier alpha value is -2.54. The van der Waals surface area contributed by atoms with Gasteiger partial charge in [0.25, 0.3) is 0 Å².